The van der Waals surface area contributed by atoms with Gasteiger partial charge in [0.15, 0.2) is 11.5 Å². The number of nitrogens with one attached hydrogen (secondary N) is 1. The zero-order chi connectivity index (χ0) is 23.9. The molecule has 0 saturated carbocycles. The molecule has 3 aromatic heterocycles. The molecule has 34 heavy (non-hydrogen) atoms. The third-order valence-electron chi connectivity index (χ3n) is 5.55. The van der Waals surface area contributed by atoms with E-state index in [4.69, 9.17) is 15.2 Å². The van der Waals surface area contributed by atoms with Crippen LogP contribution in [0.15, 0.2) is 36.7 Å². The van der Waals surface area contributed by atoms with E-state index < -0.39 is 17.6 Å². The Morgan fingerprint density at radius 2 is 1.94 bits per heavy atom. The van der Waals surface area contributed by atoms with Gasteiger partial charge in [-0.2, -0.15) is 18.3 Å². The lowest BCUT2D eigenvalue weighted by molar-refractivity contribution is -0.137. The molecule has 0 bridgehead atoms. The number of nitrogen functional groups attached to an aromatic ring is 1. The molecule has 0 radical (unpaired) electrons. The van der Waals surface area contributed by atoms with Gasteiger partial charge in [-0.15, -0.1) is 0 Å². The van der Waals surface area contributed by atoms with E-state index in [1.807, 2.05) is 18.2 Å². The minimum absolute atomic E-state index is 0.142. The first-order valence-electron chi connectivity index (χ1n) is 10.6. The first-order valence-corrected chi connectivity index (χ1v) is 11.4. The molecule has 1 saturated heterocycles. The van der Waals surface area contributed by atoms with E-state index in [9.17, 15) is 13.2 Å². The number of ether oxygens (including phenoxy) is 2. The van der Waals surface area contributed by atoms with Gasteiger partial charge in [-0.3, -0.25) is 0 Å². The second-order valence-electron chi connectivity index (χ2n) is 7.85. The topological polar surface area (TPSA) is 99.6 Å². The number of hydrogen-bond donors (Lipinski definition) is 2. The number of piperidine rings is 1. The van der Waals surface area contributed by atoms with Crippen LogP contribution in [0, 0.1) is 0 Å². The highest BCUT2D eigenvalue weighted by molar-refractivity contribution is 7.19. The Hall–Kier alpha value is -3.38. The molecule has 3 N–H and O–H groups in total. The van der Waals surface area contributed by atoms with Crippen LogP contribution >= 0.6 is 11.3 Å². The number of pyridine rings is 1. The predicted molar refractivity (Wildman–Crippen MR) is 122 cm³/mol. The molecular formula is C22H21F3N6O2S. The van der Waals surface area contributed by atoms with Crippen molar-refractivity contribution in [2.75, 3.05) is 25.9 Å². The van der Waals surface area contributed by atoms with Gasteiger partial charge in [0.2, 0.25) is 4.96 Å². The highest BCUT2D eigenvalue weighted by atomic mass is 32.1. The Bertz CT molecular complexity index is 1300. The minimum atomic E-state index is -4.60. The third-order valence-corrected chi connectivity index (χ3v) is 6.52. The Kier molecular flexibility index (Phi) is 5.78. The number of rotatable bonds is 5. The normalized spacial score (nSPS) is 15.1. The summed E-state index contributed by atoms with van der Waals surface area (Å²) in [6.07, 6.45) is 0.246. The lowest BCUT2D eigenvalue weighted by atomic mass is 10.1. The molecule has 0 atom stereocenters. The maximum Gasteiger partial charge on any atom is 0.419 e. The number of aromatic nitrogens is 4. The fourth-order valence-corrected chi connectivity index (χ4v) is 4.67. The molecule has 1 aliphatic heterocycles. The number of alkyl halides is 3. The molecule has 0 spiro atoms. The van der Waals surface area contributed by atoms with Crippen molar-refractivity contribution in [2.24, 2.45) is 0 Å². The Morgan fingerprint density at radius 3 is 2.65 bits per heavy atom. The molecule has 4 aromatic rings. The predicted octanol–water partition coefficient (Wildman–Crippen LogP) is 4.26. The number of nitrogens with two attached hydrogens (primary N) is 1. The van der Waals surface area contributed by atoms with Crippen LogP contribution in [0.1, 0.15) is 18.4 Å². The Labute approximate surface area is 196 Å². The first kappa shape index (κ1) is 22.4. The summed E-state index contributed by atoms with van der Waals surface area (Å²) >= 11 is 1.31. The number of benzene rings is 1. The van der Waals surface area contributed by atoms with Gasteiger partial charge in [-0.05, 0) is 50.2 Å². The third kappa shape index (κ3) is 4.38. The fraction of sp³-hybridized carbons (Fsp3) is 0.318. The molecule has 4 heterocycles. The molecule has 1 aromatic carbocycles. The largest absolute Gasteiger partial charge is 0.493 e. The van der Waals surface area contributed by atoms with E-state index in [0.717, 1.165) is 37.6 Å². The van der Waals surface area contributed by atoms with Gasteiger partial charge in [-0.1, -0.05) is 11.3 Å². The fourth-order valence-electron chi connectivity index (χ4n) is 3.79. The van der Waals surface area contributed by atoms with Crippen molar-refractivity contribution >= 4 is 22.1 Å². The summed E-state index contributed by atoms with van der Waals surface area (Å²) < 4.78 is 52.7. The molecule has 1 fully saturated rings. The molecule has 12 heteroatoms. The van der Waals surface area contributed by atoms with E-state index in [2.05, 4.69) is 20.4 Å². The summed E-state index contributed by atoms with van der Waals surface area (Å²) in [5.41, 5.74) is 5.75. The number of anilines is 1. The van der Waals surface area contributed by atoms with E-state index in [-0.39, 0.29) is 11.7 Å². The monoisotopic (exact) mass is 490 g/mol. The highest BCUT2D eigenvalue weighted by Crippen LogP contribution is 2.37. The van der Waals surface area contributed by atoms with Crippen LogP contribution in [-0.4, -0.2) is 45.9 Å². The molecule has 8 nitrogen and oxygen atoms in total. The van der Waals surface area contributed by atoms with E-state index >= 15 is 0 Å². The quantitative estimate of drug-likeness (QED) is 0.431. The van der Waals surface area contributed by atoms with Gasteiger partial charge < -0.3 is 20.5 Å². The van der Waals surface area contributed by atoms with Gasteiger partial charge in [0, 0.05) is 17.3 Å². The summed E-state index contributed by atoms with van der Waals surface area (Å²) in [4.78, 5) is 8.63. The number of halogens is 3. The maximum absolute atomic E-state index is 13.2. The average molecular weight is 491 g/mol. The number of methoxy groups -OCH3 is 1. The molecular weight excluding hydrogens is 469 g/mol. The minimum Gasteiger partial charge on any atom is -0.493 e. The van der Waals surface area contributed by atoms with Crippen molar-refractivity contribution in [1.29, 1.82) is 0 Å². The summed E-state index contributed by atoms with van der Waals surface area (Å²) in [6, 6.07) is 6.57. The van der Waals surface area contributed by atoms with Crippen molar-refractivity contribution in [3.8, 4) is 33.3 Å². The van der Waals surface area contributed by atoms with Gasteiger partial charge >= 0.3 is 6.18 Å². The van der Waals surface area contributed by atoms with Gasteiger partial charge in [0.1, 0.15) is 16.9 Å². The average Bonchev–Trinajstić information content (AvgIpc) is 3.39. The zero-order valence-electron chi connectivity index (χ0n) is 18.1. The van der Waals surface area contributed by atoms with Gasteiger partial charge in [0.25, 0.3) is 0 Å². The second kappa shape index (κ2) is 8.76. The standard InChI is InChI=1S/C22H21F3N6O2S/c1-32-18-9-12(2-3-17(18)33-14-4-6-27-7-5-14)20-30-31-11-16(29-21(31)34-20)13-8-15(22(23,24)25)19(26)28-10-13/h2-3,8-11,14,27H,4-7H2,1H3,(H2,26,28). The zero-order valence-corrected chi connectivity index (χ0v) is 18.9. The van der Waals surface area contributed by atoms with Crippen molar-refractivity contribution < 1.29 is 22.6 Å². The highest BCUT2D eigenvalue weighted by Gasteiger charge is 2.34. The van der Waals surface area contributed by atoms with Crippen molar-refractivity contribution in [2.45, 2.75) is 25.1 Å². The maximum atomic E-state index is 13.2. The summed E-state index contributed by atoms with van der Waals surface area (Å²) in [7, 11) is 1.59. The van der Waals surface area contributed by atoms with Crippen molar-refractivity contribution in [3.05, 3.63) is 42.2 Å². The van der Waals surface area contributed by atoms with Crippen LogP contribution in [0.3, 0.4) is 0 Å². The van der Waals surface area contributed by atoms with Crippen LogP contribution in [-0.2, 0) is 6.18 Å². The van der Waals surface area contributed by atoms with Gasteiger partial charge in [-0.25, -0.2) is 14.5 Å². The van der Waals surface area contributed by atoms with Crippen LogP contribution in [0.25, 0.3) is 26.8 Å². The van der Waals surface area contributed by atoms with E-state index in [0.29, 0.717) is 27.2 Å². The number of hydrogen-bond acceptors (Lipinski definition) is 8. The summed E-state index contributed by atoms with van der Waals surface area (Å²) in [6.45, 7) is 1.85. The molecule has 178 valence electrons. The smallest absolute Gasteiger partial charge is 0.419 e. The summed E-state index contributed by atoms with van der Waals surface area (Å²) in [5, 5.41) is 8.54. The number of fused-ring (bicyclic) bond motifs is 1. The van der Waals surface area contributed by atoms with Crippen molar-refractivity contribution in [1.82, 2.24) is 24.9 Å². The molecule has 5 rings (SSSR count). The number of imidazole rings is 1. The molecule has 0 amide bonds. The molecule has 0 aliphatic carbocycles. The van der Waals surface area contributed by atoms with Crippen LogP contribution in [0.5, 0.6) is 11.5 Å². The first-order chi connectivity index (χ1) is 16.3. The van der Waals surface area contributed by atoms with Crippen LogP contribution in [0.4, 0.5) is 19.0 Å². The van der Waals surface area contributed by atoms with Crippen LogP contribution < -0.4 is 20.5 Å². The summed E-state index contributed by atoms with van der Waals surface area (Å²) in [5.74, 6) is 0.717. The van der Waals surface area contributed by atoms with E-state index in [1.54, 1.807) is 13.3 Å². The Morgan fingerprint density at radius 1 is 1.15 bits per heavy atom. The van der Waals surface area contributed by atoms with Gasteiger partial charge in [0.05, 0.1) is 24.6 Å². The Balaban J connectivity index is 1.41. The SMILES string of the molecule is COc1cc(-c2nn3cc(-c4cnc(N)c(C(F)(F)F)c4)nc3s2)ccc1OC1CCNCC1. The van der Waals surface area contributed by atoms with Crippen LogP contribution in [0.2, 0.25) is 0 Å². The number of nitrogens with zero attached hydrogens (tertiary/aromatic N) is 4. The lowest BCUT2D eigenvalue weighted by Crippen LogP contribution is -2.34. The lowest BCUT2D eigenvalue weighted by Gasteiger charge is -2.24. The van der Waals surface area contributed by atoms with Crippen molar-refractivity contribution in [3.63, 3.8) is 0 Å². The molecule has 1 aliphatic rings. The van der Waals surface area contributed by atoms with E-state index in [1.165, 1.54) is 22.0 Å². The molecule has 0 unspecified atom stereocenters. The second-order valence-corrected chi connectivity index (χ2v) is 8.80.